The van der Waals surface area contributed by atoms with Gasteiger partial charge in [0, 0.05) is 6.54 Å². The van der Waals surface area contributed by atoms with E-state index in [0.29, 0.717) is 15.8 Å². The fourth-order valence-corrected chi connectivity index (χ4v) is 5.69. The number of rotatable bonds is 2. The summed E-state index contributed by atoms with van der Waals surface area (Å²) >= 11 is 7.25. The van der Waals surface area contributed by atoms with Crippen LogP contribution < -0.4 is 5.32 Å². The van der Waals surface area contributed by atoms with Gasteiger partial charge in [0.25, 0.3) is 0 Å². The lowest BCUT2D eigenvalue weighted by Gasteiger charge is -2.22. The topological polar surface area (TPSA) is 46.2 Å². The predicted molar refractivity (Wildman–Crippen MR) is 67.1 cm³/mol. The van der Waals surface area contributed by atoms with Crippen LogP contribution in [0.5, 0.6) is 0 Å². The maximum Gasteiger partial charge on any atom is 0.193 e. The maximum atomic E-state index is 12.3. The molecule has 1 aromatic heterocycles. The van der Waals surface area contributed by atoms with E-state index >= 15 is 0 Å². The predicted octanol–water partition coefficient (Wildman–Crippen LogP) is 2.24. The Balaban J connectivity index is 2.34. The summed E-state index contributed by atoms with van der Waals surface area (Å²) in [5, 5.41) is 4.99. The Labute approximate surface area is 105 Å². The van der Waals surface area contributed by atoms with Crippen molar-refractivity contribution in [3.05, 3.63) is 16.0 Å². The average molecular weight is 280 g/mol. The fourth-order valence-electron chi connectivity index (χ4n) is 1.83. The van der Waals surface area contributed by atoms with Crippen molar-refractivity contribution in [2.45, 2.75) is 29.2 Å². The first kappa shape index (κ1) is 12.4. The van der Waals surface area contributed by atoms with Gasteiger partial charge in [0.2, 0.25) is 0 Å². The van der Waals surface area contributed by atoms with E-state index in [1.54, 1.807) is 5.38 Å². The highest BCUT2D eigenvalue weighted by molar-refractivity contribution is 7.94. The van der Waals surface area contributed by atoms with Gasteiger partial charge in [-0.3, -0.25) is 0 Å². The first-order valence-electron chi connectivity index (χ1n) is 5.21. The SMILES string of the molecule is Cc1csc(S(=O)(=O)C2CCCNC2)c1Cl. The summed E-state index contributed by atoms with van der Waals surface area (Å²) in [4.78, 5) is 0. The molecule has 1 fully saturated rings. The van der Waals surface area contributed by atoms with Gasteiger partial charge in [0.05, 0.1) is 10.3 Å². The van der Waals surface area contributed by atoms with Gasteiger partial charge in [-0.05, 0) is 37.3 Å². The van der Waals surface area contributed by atoms with Gasteiger partial charge in [-0.15, -0.1) is 11.3 Å². The molecule has 90 valence electrons. The molecule has 0 bridgehead atoms. The van der Waals surface area contributed by atoms with Crippen LogP contribution in [0.4, 0.5) is 0 Å². The number of hydrogen-bond donors (Lipinski definition) is 1. The summed E-state index contributed by atoms with van der Waals surface area (Å²) in [7, 11) is -3.25. The second-order valence-corrected chi connectivity index (χ2v) is 7.71. The summed E-state index contributed by atoms with van der Waals surface area (Å²) in [6, 6.07) is 0. The van der Waals surface area contributed by atoms with Crippen molar-refractivity contribution in [2.24, 2.45) is 0 Å². The number of nitrogens with one attached hydrogen (secondary N) is 1. The van der Waals surface area contributed by atoms with Crippen LogP contribution in [0.3, 0.4) is 0 Å². The lowest BCUT2D eigenvalue weighted by Crippen LogP contribution is -2.38. The zero-order valence-electron chi connectivity index (χ0n) is 8.99. The maximum absolute atomic E-state index is 12.3. The Kier molecular flexibility index (Phi) is 3.59. The molecule has 2 rings (SSSR count). The molecular formula is C10H14ClNO2S2. The molecule has 1 atom stereocenters. The van der Waals surface area contributed by atoms with Crippen molar-refractivity contribution in [2.75, 3.05) is 13.1 Å². The summed E-state index contributed by atoms with van der Waals surface area (Å²) in [6.07, 6.45) is 1.63. The van der Waals surface area contributed by atoms with Crippen molar-refractivity contribution in [3.8, 4) is 0 Å². The summed E-state index contributed by atoms with van der Waals surface area (Å²) in [5.74, 6) is 0. The van der Waals surface area contributed by atoms with Crippen LogP contribution in [-0.4, -0.2) is 26.8 Å². The normalized spacial score (nSPS) is 22.2. The van der Waals surface area contributed by atoms with E-state index in [9.17, 15) is 8.42 Å². The number of halogens is 1. The molecule has 0 amide bonds. The van der Waals surface area contributed by atoms with Crippen molar-refractivity contribution >= 4 is 32.8 Å². The molecule has 2 heterocycles. The Morgan fingerprint density at radius 1 is 1.56 bits per heavy atom. The van der Waals surface area contributed by atoms with Crippen LogP contribution in [0, 0.1) is 6.92 Å². The molecular weight excluding hydrogens is 266 g/mol. The van der Waals surface area contributed by atoms with Crippen LogP contribution >= 0.6 is 22.9 Å². The smallest absolute Gasteiger partial charge is 0.193 e. The summed E-state index contributed by atoms with van der Waals surface area (Å²) < 4.78 is 24.9. The monoisotopic (exact) mass is 279 g/mol. The minimum atomic E-state index is -3.25. The molecule has 1 saturated heterocycles. The Bertz CT molecular complexity index is 475. The van der Waals surface area contributed by atoms with E-state index in [2.05, 4.69) is 5.32 Å². The molecule has 16 heavy (non-hydrogen) atoms. The van der Waals surface area contributed by atoms with Crippen LogP contribution in [0.1, 0.15) is 18.4 Å². The van der Waals surface area contributed by atoms with Gasteiger partial charge < -0.3 is 5.32 Å². The number of sulfone groups is 1. The van der Waals surface area contributed by atoms with Crippen LogP contribution in [0.2, 0.25) is 5.02 Å². The third kappa shape index (κ3) is 2.14. The summed E-state index contributed by atoms with van der Waals surface area (Å²) in [6.45, 7) is 3.27. The van der Waals surface area contributed by atoms with Crippen LogP contribution in [0.25, 0.3) is 0 Å². The molecule has 0 saturated carbocycles. The molecule has 1 N–H and O–H groups in total. The molecule has 1 aliphatic rings. The second-order valence-electron chi connectivity index (χ2n) is 4.03. The van der Waals surface area contributed by atoms with Gasteiger partial charge in [0.15, 0.2) is 9.84 Å². The molecule has 1 unspecified atom stereocenters. The van der Waals surface area contributed by atoms with E-state index in [1.165, 1.54) is 11.3 Å². The van der Waals surface area contributed by atoms with E-state index in [4.69, 9.17) is 11.6 Å². The minimum absolute atomic E-state index is 0.322. The lowest BCUT2D eigenvalue weighted by molar-refractivity contribution is 0.498. The summed E-state index contributed by atoms with van der Waals surface area (Å²) in [5.41, 5.74) is 0.842. The first-order chi connectivity index (χ1) is 7.53. The number of aryl methyl sites for hydroxylation is 1. The Morgan fingerprint density at radius 3 is 2.81 bits per heavy atom. The zero-order valence-corrected chi connectivity index (χ0v) is 11.4. The molecule has 3 nitrogen and oxygen atoms in total. The van der Waals surface area contributed by atoms with Gasteiger partial charge >= 0.3 is 0 Å². The molecule has 1 aliphatic heterocycles. The quantitative estimate of drug-likeness (QED) is 0.903. The van der Waals surface area contributed by atoms with Gasteiger partial charge in [0.1, 0.15) is 4.21 Å². The highest BCUT2D eigenvalue weighted by Gasteiger charge is 2.32. The Morgan fingerprint density at radius 2 is 2.31 bits per heavy atom. The third-order valence-corrected chi connectivity index (χ3v) is 7.40. The van der Waals surface area contributed by atoms with Crippen LogP contribution in [0.15, 0.2) is 9.59 Å². The molecule has 1 aromatic rings. The molecule has 0 aromatic carbocycles. The highest BCUT2D eigenvalue weighted by Crippen LogP contribution is 2.34. The van der Waals surface area contributed by atoms with E-state index in [1.807, 2.05) is 6.92 Å². The van der Waals surface area contributed by atoms with Crippen molar-refractivity contribution in [1.82, 2.24) is 5.32 Å². The minimum Gasteiger partial charge on any atom is -0.315 e. The third-order valence-electron chi connectivity index (χ3n) is 2.82. The van der Waals surface area contributed by atoms with Crippen molar-refractivity contribution < 1.29 is 8.42 Å². The van der Waals surface area contributed by atoms with Gasteiger partial charge in [-0.2, -0.15) is 0 Å². The lowest BCUT2D eigenvalue weighted by atomic mass is 10.2. The van der Waals surface area contributed by atoms with E-state index < -0.39 is 9.84 Å². The Hall–Kier alpha value is -0.100. The number of thiophene rings is 1. The van der Waals surface area contributed by atoms with Crippen molar-refractivity contribution in [1.29, 1.82) is 0 Å². The van der Waals surface area contributed by atoms with Gasteiger partial charge in [-0.25, -0.2) is 8.42 Å². The number of hydrogen-bond acceptors (Lipinski definition) is 4. The largest absolute Gasteiger partial charge is 0.315 e. The average Bonchev–Trinajstić information content (AvgIpc) is 2.61. The highest BCUT2D eigenvalue weighted by atomic mass is 35.5. The van der Waals surface area contributed by atoms with Gasteiger partial charge in [-0.1, -0.05) is 11.6 Å². The van der Waals surface area contributed by atoms with Crippen molar-refractivity contribution in [3.63, 3.8) is 0 Å². The molecule has 0 aliphatic carbocycles. The van der Waals surface area contributed by atoms with Crippen LogP contribution in [-0.2, 0) is 9.84 Å². The standard InChI is InChI=1S/C10H14ClNO2S2/c1-7-6-15-10(9(7)11)16(13,14)8-3-2-4-12-5-8/h6,8,12H,2-5H2,1H3. The zero-order chi connectivity index (χ0) is 11.8. The molecule has 6 heteroatoms. The molecule has 0 spiro atoms. The first-order valence-corrected chi connectivity index (χ1v) is 8.02. The fraction of sp³-hybridized carbons (Fsp3) is 0.600. The number of piperidine rings is 1. The van der Waals surface area contributed by atoms with E-state index in [0.717, 1.165) is 24.9 Å². The van der Waals surface area contributed by atoms with E-state index in [-0.39, 0.29) is 5.25 Å². The second kappa shape index (κ2) is 4.64. The molecule has 0 radical (unpaired) electrons.